The van der Waals surface area contributed by atoms with E-state index in [0.29, 0.717) is 5.41 Å². The summed E-state index contributed by atoms with van der Waals surface area (Å²) in [6.45, 7) is 9.57. The van der Waals surface area contributed by atoms with Gasteiger partial charge in [0.2, 0.25) is 5.91 Å². The van der Waals surface area contributed by atoms with Gasteiger partial charge in [0, 0.05) is 13.1 Å². The van der Waals surface area contributed by atoms with Crippen molar-refractivity contribution in [1.29, 1.82) is 0 Å². The van der Waals surface area contributed by atoms with Crippen molar-refractivity contribution in [2.45, 2.75) is 58.9 Å². The third-order valence-corrected chi connectivity index (χ3v) is 4.89. The Morgan fingerprint density at radius 1 is 1.50 bits per heavy atom. The van der Waals surface area contributed by atoms with E-state index in [2.05, 4.69) is 31.0 Å². The highest BCUT2D eigenvalue weighted by Gasteiger charge is 2.44. The van der Waals surface area contributed by atoms with Gasteiger partial charge in [-0.15, -0.1) is 0 Å². The molecule has 1 aliphatic carbocycles. The molecule has 1 amide bonds. The van der Waals surface area contributed by atoms with Crippen LogP contribution < -0.4 is 5.32 Å². The van der Waals surface area contributed by atoms with Crippen LogP contribution >= 0.6 is 0 Å². The molecule has 0 aromatic carbocycles. The Morgan fingerprint density at radius 3 is 2.89 bits per heavy atom. The van der Waals surface area contributed by atoms with Crippen LogP contribution in [0, 0.1) is 11.3 Å². The Kier molecular flexibility index (Phi) is 4.31. The van der Waals surface area contributed by atoms with Crippen LogP contribution in [-0.4, -0.2) is 36.5 Å². The molecule has 3 heteroatoms. The molecular weight excluding hydrogens is 224 g/mol. The smallest absolute Gasteiger partial charge is 0.237 e. The van der Waals surface area contributed by atoms with Crippen LogP contribution in [-0.2, 0) is 4.79 Å². The van der Waals surface area contributed by atoms with Gasteiger partial charge < -0.3 is 5.32 Å². The maximum Gasteiger partial charge on any atom is 0.237 e. The molecule has 1 N–H and O–H groups in total. The summed E-state index contributed by atoms with van der Waals surface area (Å²) in [7, 11) is 0. The average Bonchev–Trinajstić information content (AvgIpc) is 2.93. The second kappa shape index (κ2) is 5.60. The lowest BCUT2D eigenvalue weighted by atomic mass is 9.85. The van der Waals surface area contributed by atoms with Crippen molar-refractivity contribution in [2.75, 3.05) is 19.6 Å². The highest BCUT2D eigenvalue weighted by Crippen LogP contribution is 2.48. The van der Waals surface area contributed by atoms with Gasteiger partial charge >= 0.3 is 0 Å². The van der Waals surface area contributed by atoms with Gasteiger partial charge in [0.1, 0.15) is 0 Å². The predicted octanol–water partition coefficient (Wildman–Crippen LogP) is 2.41. The lowest BCUT2D eigenvalue weighted by Gasteiger charge is -2.27. The molecule has 0 aromatic rings. The van der Waals surface area contributed by atoms with E-state index < -0.39 is 0 Å². The number of carbonyl (C=O) groups excluding carboxylic acids is 1. The van der Waals surface area contributed by atoms with Crippen LogP contribution in [0.15, 0.2) is 0 Å². The van der Waals surface area contributed by atoms with E-state index in [1.807, 2.05) is 0 Å². The maximum atomic E-state index is 12.0. The first-order chi connectivity index (χ1) is 8.56. The minimum Gasteiger partial charge on any atom is -0.355 e. The molecule has 2 rings (SSSR count). The zero-order valence-electron chi connectivity index (χ0n) is 12.2. The van der Waals surface area contributed by atoms with E-state index in [1.54, 1.807) is 0 Å². The van der Waals surface area contributed by atoms with Crippen molar-refractivity contribution in [1.82, 2.24) is 10.2 Å². The van der Waals surface area contributed by atoms with Crippen LogP contribution in [0.3, 0.4) is 0 Å². The highest BCUT2D eigenvalue weighted by atomic mass is 16.2. The Hall–Kier alpha value is -0.570. The maximum absolute atomic E-state index is 12.0. The molecular formula is C15H28N2O. The van der Waals surface area contributed by atoms with Crippen molar-refractivity contribution in [3.05, 3.63) is 0 Å². The van der Waals surface area contributed by atoms with Gasteiger partial charge in [-0.05, 0) is 50.5 Å². The minimum absolute atomic E-state index is 0.0480. The second-order valence-corrected chi connectivity index (χ2v) is 6.54. The number of hydrogen-bond donors (Lipinski definition) is 1. The molecule has 0 bridgehead atoms. The van der Waals surface area contributed by atoms with Crippen molar-refractivity contribution in [3.63, 3.8) is 0 Å². The Bertz CT molecular complexity index is 305. The molecule has 1 saturated heterocycles. The van der Waals surface area contributed by atoms with E-state index in [0.717, 1.165) is 32.0 Å². The summed E-state index contributed by atoms with van der Waals surface area (Å²) < 4.78 is 0. The topological polar surface area (TPSA) is 32.3 Å². The quantitative estimate of drug-likeness (QED) is 0.833. The number of nitrogens with zero attached hydrogens (tertiary/aromatic N) is 1. The van der Waals surface area contributed by atoms with Crippen LogP contribution in [0.5, 0.6) is 0 Å². The van der Waals surface area contributed by atoms with Crippen LogP contribution in [0.25, 0.3) is 0 Å². The van der Waals surface area contributed by atoms with E-state index in [1.165, 1.54) is 25.7 Å². The summed E-state index contributed by atoms with van der Waals surface area (Å²) in [6.07, 6.45) is 6.42. The standard InChI is InChI=1S/C15H28N2O/c1-4-8-16-14(18)13(3)17-9-7-15(11-17)6-5-12(2)10-15/h12-13H,4-11H2,1-3H3,(H,16,18)/t12-,13-,15+/m0/s1. The first kappa shape index (κ1) is 13.9. The number of nitrogens with one attached hydrogen (secondary N) is 1. The molecule has 1 heterocycles. The van der Waals surface area contributed by atoms with Gasteiger partial charge in [-0.2, -0.15) is 0 Å². The third-order valence-electron chi connectivity index (χ3n) is 4.89. The zero-order valence-corrected chi connectivity index (χ0v) is 12.2. The van der Waals surface area contributed by atoms with E-state index in [-0.39, 0.29) is 11.9 Å². The van der Waals surface area contributed by atoms with Crippen molar-refractivity contribution in [3.8, 4) is 0 Å². The Labute approximate surface area is 111 Å². The number of rotatable bonds is 4. The van der Waals surface area contributed by atoms with Crippen LogP contribution in [0.1, 0.15) is 52.9 Å². The summed E-state index contributed by atoms with van der Waals surface area (Å²) >= 11 is 0. The number of likely N-dealkylation sites (tertiary alicyclic amines) is 1. The molecule has 1 aliphatic heterocycles. The molecule has 2 fully saturated rings. The largest absolute Gasteiger partial charge is 0.355 e. The summed E-state index contributed by atoms with van der Waals surface area (Å²) in [6, 6.07) is 0.0480. The number of carbonyl (C=O) groups is 1. The summed E-state index contributed by atoms with van der Waals surface area (Å²) in [5.74, 6) is 1.09. The van der Waals surface area contributed by atoms with E-state index >= 15 is 0 Å². The molecule has 1 saturated carbocycles. The van der Waals surface area contributed by atoms with E-state index in [4.69, 9.17) is 0 Å². The molecule has 3 atom stereocenters. The van der Waals surface area contributed by atoms with Gasteiger partial charge in [-0.3, -0.25) is 9.69 Å². The molecule has 2 aliphatic rings. The van der Waals surface area contributed by atoms with Gasteiger partial charge in [0.25, 0.3) is 0 Å². The molecule has 0 aromatic heterocycles. The number of amides is 1. The average molecular weight is 252 g/mol. The fourth-order valence-electron chi connectivity index (χ4n) is 3.73. The molecule has 1 spiro atoms. The molecule has 18 heavy (non-hydrogen) atoms. The Balaban J connectivity index is 1.86. The first-order valence-electron chi connectivity index (χ1n) is 7.58. The highest BCUT2D eigenvalue weighted by molar-refractivity contribution is 5.81. The lowest BCUT2D eigenvalue weighted by Crippen LogP contribution is -2.44. The van der Waals surface area contributed by atoms with Crippen LogP contribution in [0.4, 0.5) is 0 Å². The molecule has 104 valence electrons. The normalized spacial score (nSPS) is 34.1. The van der Waals surface area contributed by atoms with Gasteiger partial charge in [-0.1, -0.05) is 20.3 Å². The minimum atomic E-state index is 0.0480. The molecule has 3 nitrogen and oxygen atoms in total. The second-order valence-electron chi connectivity index (χ2n) is 6.54. The third kappa shape index (κ3) is 2.87. The zero-order chi connectivity index (χ0) is 13.2. The van der Waals surface area contributed by atoms with Gasteiger partial charge in [-0.25, -0.2) is 0 Å². The molecule has 0 radical (unpaired) electrons. The molecule has 0 unspecified atom stereocenters. The fourth-order valence-corrected chi connectivity index (χ4v) is 3.73. The van der Waals surface area contributed by atoms with Crippen molar-refractivity contribution < 1.29 is 4.79 Å². The van der Waals surface area contributed by atoms with E-state index in [9.17, 15) is 4.79 Å². The number of hydrogen-bond acceptors (Lipinski definition) is 2. The summed E-state index contributed by atoms with van der Waals surface area (Å²) in [5, 5.41) is 3.02. The van der Waals surface area contributed by atoms with Gasteiger partial charge in [0.15, 0.2) is 0 Å². The van der Waals surface area contributed by atoms with Crippen molar-refractivity contribution in [2.24, 2.45) is 11.3 Å². The summed E-state index contributed by atoms with van der Waals surface area (Å²) in [4.78, 5) is 14.4. The first-order valence-corrected chi connectivity index (χ1v) is 7.58. The Morgan fingerprint density at radius 2 is 2.28 bits per heavy atom. The monoisotopic (exact) mass is 252 g/mol. The summed E-state index contributed by atoms with van der Waals surface area (Å²) in [5.41, 5.74) is 0.540. The lowest BCUT2D eigenvalue weighted by molar-refractivity contribution is -0.125. The van der Waals surface area contributed by atoms with Crippen LogP contribution in [0.2, 0.25) is 0 Å². The predicted molar refractivity (Wildman–Crippen MR) is 74.4 cm³/mol. The SMILES string of the molecule is CCCNC(=O)[C@H](C)N1CC[C@@]2(CC[C@H](C)C2)C1. The van der Waals surface area contributed by atoms with Gasteiger partial charge in [0.05, 0.1) is 6.04 Å². The fraction of sp³-hybridized carbons (Fsp3) is 0.933. The van der Waals surface area contributed by atoms with Crippen molar-refractivity contribution >= 4 is 5.91 Å².